The van der Waals surface area contributed by atoms with Gasteiger partial charge in [-0.25, -0.2) is 34.1 Å². The Bertz CT molecular complexity index is 1490. The minimum atomic E-state index is -4.76. The van der Waals surface area contributed by atoms with Crippen LogP contribution in [0.1, 0.15) is 42.8 Å². The van der Waals surface area contributed by atoms with Gasteiger partial charge in [0.25, 0.3) is 0 Å². The van der Waals surface area contributed by atoms with Crippen molar-refractivity contribution in [1.29, 1.82) is 0 Å². The van der Waals surface area contributed by atoms with Crippen molar-refractivity contribution in [3.8, 4) is 0 Å². The molecular weight excluding hydrogens is 601 g/mol. The first-order valence-corrected chi connectivity index (χ1v) is 13.5. The first-order valence-electron chi connectivity index (χ1n) is 14.7. The summed E-state index contributed by atoms with van der Waals surface area (Å²) in [6.45, 7) is -2.88. The largest absolute Gasteiger partial charge is 0.510 e. The molecule has 0 spiro atoms. The van der Waals surface area contributed by atoms with E-state index in [1.54, 1.807) is 0 Å². The van der Waals surface area contributed by atoms with Gasteiger partial charge in [-0.1, -0.05) is 0 Å². The minimum absolute atomic E-state index is 0.0857. The van der Waals surface area contributed by atoms with Crippen molar-refractivity contribution in [2.75, 3.05) is 25.7 Å². The Morgan fingerprint density at radius 2 is 1.56 bits per heavy atom. The zero-order valence-corrected chi connectivity index (χ0v) is 24.1. The van der Waals surface area contributed by atoms with Crippen molar-refractivity contribution in [3.63, 3.8) is 0 Å². The van der Waals surface area contributed by atoms with E-state index in [-0.39, 0.29) is 17.0 Å². The van der Waals surface area contributed by atoms with Crippen molar-refractivity contribution in [2.24, 2.45) is 0 Å². The number of hydrogen-bond donors (Lipinski definition) is 3. The van der Waals surface area contributed by atoms with Crippen LogP contribution >= 0.6 is 7.60 Å². The number of carboxylic acids is 2. The van der Waals surface area contributed by atoms with Crippen LogP contribution in [0.5, 0.6) is 0 Å². The topological polar surface area (TPSA) is 260 Å². The Kier molecular flexibility index (Phi) is 11.7. The van der Waals surface area contributed by atoms with Crippen molar-refractivity contribution in [3.05, 3.63) is 24.8 Å². The maximum absolute atomic E-state index is 13.4. The fourth-order valence-corrected chi connectivity index (χ4v) is 3.17. The number of aromatic nitrogens is 4. The molecule has 1 atom stereocenters. The lowest BCUT2D eigenvalue weighted by Gasteiger charge is -2.21. The van der Waals surface area contributed by atoms with Crippen LogP contribution in [0.3, 0.4) is 0 Å². The Hall–Kier alpha value is -4.32. The van der Waals surface area contributed by atoms with Crippen molar-refractivity contribution >= 4 is 48.8 Å². The van der Waals surface area contributed by atoms with Gasteiger partial charge in [-0.05, 0) is 34.5 Å². The van der Waals surface area contributed by atoms with Crippen LogP contribution in [-0.2, 0) is 53.4 Å². The second kappa shape index (κ2) is 18.3. The third-order valence-electron chi connectivity index (χ3n) is 3.84. The number of aliphatic carboxylic acids is 2. The lowest BCUT2D eigenvalue weighted by atomic mass is 10.4. The first-order chi connectivity index (χ1) is 22.5. The summed E-state index contributed by atoms with van der Waals surface area (Å²) in [7, 11) is -4.76. The van der Waals surface area contributed by atoms with Crippen LogP contribution < -0.4 is 5.73 Å². The Balaban J connectivity index is 0.00000133. The summed E-state index contributed by atoms with van der Waals surface area (Å²) in [6.07, 6.45) is -5.57. The highest BCUT2D eigenvalue weighted by Gasteiger charge is 2.29. The Morgan fingerprint density at radius 3 is 2.02 bits per heavy atom. The summed E-state index contributed by atoms with van der Waals surface area (Å²) < 4.78 is 97.0. The molecule has 0 saturated carbocycles. The zero-order chi connectivity index (χ0) is 37.8. The van der Waals surface area contributed by atoms with Crippen LogP contribution in [0.15, 0.2) is 24.8 Å². The molecule has 0 aliphatic carbocycles. The van der Waals surface area contributed by atoms with Gasteiger partial charge in [0.2, 0.25) is 13.6 Å². The van der Waals surface area contributed by atoms with Gasteiger partial charge in [0.1, 0.15) is 18.2 Å². The van der Waals surface area contributed by atoms with E-state index in [9.17, 15) is 23.7 Å². The standard InChI is InChI=1S/C19H30N5O10P.C4H4O4/c1-12(2)33-18(25)28-9-31-35(27,32-10-29-19(26)34-13(3)4)11-30-14(5)6-24-8-23-15-16(20)21-7-22-17(15)24;5-3(6)1-2-4(7)8/h7-8,12-14H,6,9-11H2,1-5H3,(H2,20,21,22);1-2H,(H,5,6)(H,7,8)/b;2-1+/i5D3,6D2,14D;. The monoisotopic (exact) mass is 641 g/mol. The molecule has 43 heavy (non-hydrogen) atoms. The number of nitrogens with two attached hydrogens (primary N) is 1. The van der Waals surface area contributed by atoms with E-state index in [4.69, 9.17) is 47.4 Å². The van der Waals surface area contributed by atoms with E-state index in [0.29, 0.717) is 16.7 Å². The third kappa shape index (κ3) is 15.5. The molecule has 0 amide bonds. The molecule has 2 aromatic heterocycles. The van der Waals surface area contributed by atoms with E-state index in [1.807, 2.05) is 0 Å². The second-order valence-electron chi connectivity index (χ2n) is 8.00. The molecule has 0 fully saturated rings. The summed E-state index contributed by atoms with van der Waals surface area (Å²) in [5, 5.41) is 15.6. The second-order valence-corrected chi connectivity index (χ2v) is 9.99. The molecule has 2 rings (SSSR count). The van der Waals surface area contributed by atoms with Crippen molar-refractivity contribution < 1.29 is 74.9 Å². The molecule has 0 bridgehead atoms. The Morgan fingerprint density at radius 1 is 1.02 bits per heavy atom. The van der Waals surface area contributed by atoms with E-state index in [0.717, 1.165) is 12.7 Å². The van der Waals surface area contributed by atoms with E-state index in [1.165, 1.54) is 27.7 Å². The average molecular weight is 642 g/mol. The number of ether oxygens (including phenoxy) is 5. The molecule has 0 aliphatic heterocycles. The third-order valence-corrected chi connectivity index (χ3v) is 5.28. The van der Waals surface area contributed by atoms with Crippen LogP contribution in [0.2, 0.25) is 0 Å². The van der Waals surface area contributed by atoms with Crippen LogP contribution in [0.25, 0.3) is 11.2 Å². The normalized spacial score (nSPS) is 15.5. The number of rotatable bonds is 15. The molecular formula is C23H34N5O14P. The van der Waals surface area contributed by atoms with Gasteiger partial charge in [-0.3, -0.25) is 13.6 Å². The van der Waals surface area contributed by atoms with Gasteiger partial charge in [0, 0.05) is 16.3 Å². The summed E-state index contributed by atoms with van der Waals surface area (Å²) in [5.74, 6) is -2.66. The maximum atomic E-state index is 13.4. The smallest absolute Gasteiger partial charge is 0.478 e. The number of hydrogen-bond acceptors (Lipinski definition) is 16. The molecule has 240 valence electrons. The van der Waals surface area contributed by atoms with Crippen molar-refractivity contribution in [1.82, 2.24) is 19.5 Å². The molecule has 4 N–H and O–H groups in total. The van der Waals surface area contributed by atoms with Gasteiger partial charge < -0.3 is 44.2 Å². The molecule has 0 radical (unpaired) electrons. The summed E-state index contributed by atoms with van der Waals surface area (Å²) >= 11 is 0. The molecule has 1 unspecified atom stereocenters. The lowest BCUT2D eigenvalue weighted by molar-refractivity contribution is -0.134. The predicted octanol–water partition coefficient (Wildman–Crippen LogP) is 2.75. The summed E-state index contributed by atoms with van der Waals surface area (Å²) in [5.41, 5.74) is 5.36. The van der Waals surface area contributed by atoms with Gasteiger partial charge in [-0.15, -0.1) is 0 Å². The molecule has 0 aliphatic rings. The highest BCUT2D eigenvalue weighted by molar-refractivity contribution is 7.53. The number of anilines is 1. The number of imidazole rings is 1. The lowest BCUT2D eigenvalue weighted by Crippen LogP contribution is -2.20. The molecule has 2 aromatic rings. The number of carbonyl (C=O) groups excluding carboxylic acids is 2. The molecule has 20 heteroatoms. The van der Waals surface area contributed by atoms with Crippen molar-refractivity contribution in [2.45, 2.75) is 59.3 Å². The first kappa shape index (κ1) is 27.5. The van der Waals surface area contributed by atoms with Gasteiger partial charge in [0.05, 0.1) is 35.2 Å². The molecule has 0 aromatic carbocycles. The van der Waals surface area contributed by atoms with Crippen LogP contribution in [0, 0.1) is 0 Å². The SMILES string of the molecule is O=C(O)/C=C/C(=O)O.[2H]C([2H])([2H])C([2H])(OCP(=O)(OCOC(=O)OC(C)C)OCOC(=O)OC(C)C)C([2H])([2H])n1cnc2c(N)ncnc21. The van der Waals surface area contributed by atoms with E-state index in [2.05, 4.69) is 24.4 Å². The summed E-state index contributed by atoms with van der Waals surface area (Å²) in [6, 6.07) is 0. The highest BCUT2D eigenvalue weighted by Crippen LogP contribution is 2.48. The Labute approximate surface area is 253 Å². The predicted molar refractivity (Wildman–Crippen MR) is 144 cm³/mol. The quantitative estimate of drug-likeness (QED) is 0.109. The number of carboxylic acid groups (broad SMARTS) is 2. The van der Waals surface area contributed by atoms with Crippen LogP contribution in [-0.4, -0.2) is 92.2 Å². The number of fused-ring (bicyclic) bond motifs is 1. The fraction of sp³-hybridized carbons (Fsp3) is 0.522. The summed E-state index contributed by atoms with van der Waals surface area (Å²) in [4.78, 5) is 53.8. The molecule has 0 saturated heterocycles. The zero-order valence-electron chi connectivity index (χ0n) is 29.2. The van der Waals surface area contributed by atoms with Gasteiger partial charge in [0.15, 0.2) is 11.5 Å². The number of nitrogen functional groups attached to an aromatic ring is 1. The minimum Gasteiger partial charge on any atom is -0.478 e. The maximum Gasteiger partial charge on any atom is 0.510 e. The van der Waals surface area contributed by atoms with Gasteiger partial charge in [-0.2, -0.15) is 0 Å². The van der Waals surface area contributed by atoms with Gasteiger partial charge >= 0.3 is 31.8 Å². The van der Waals surface area contributed by atoms with E-state index >= 15 is 0 Å². The number of carbonyl (C=O) groups is 4. The van der Waals surface area contributed by atoms with E-state index < -0.39 is 83.4 Å². The molecule has 2 heterocycles. The average Bonchev–Trinajstić information content (AvgIpc) is 3.40. The number of nitrogens with zero attached hydrogens (tertiary/aromatic N) is 4. The fourth-order valence-electron chi connectivity index (χ4n) is 2.24. The highest BCUT2D eigenvalue weighted by atomic mass is 31.2. The van der Waals surface area contributed by atoms with Crippen LogP contribution in [0.4, 0.5) is 15.4 Å². The molecule has 19 nitrogen and oxygen atoms in total.